The molecule has 4 rings (SSSR count). The van der Waals surface area contributed by atoms with Crippen molar-refractivity contribution in [1.29, 1.82) is 0 Å². The SMILES string of the molecule is CC(C)c1nn(CC(=O)NC2CCC(C(=O)O)CC2)c(=O)c2cc3sc(F)cc3n12. The summed E-state index contributed by atoms with van der Waals surface area (Å²) in [5.41, 5.74) is 0.560. The molecule has 1 fully saturated rings. The van der Waals surface area contributed by atoms with Crippen LogP contribution >= 0.6 is 11.3 Å². The number of carboxylic acids is 1. The zero-order valence-electron chi connectivity index (χ0n) is 16.7. The van der Waals surface area contributed by atoms with Crippen LogP contribution in [0.25, 0.3) is 15.7 Å². The van der Waals surface area contributed by atoms with Gasteiger partial charge in [-0.05, 0) is 31.7 Å². The minimum absolute atomic E-state index is 0.0488. The maximum absolute atomic E-state index is 13.7. The van der Waals surface area contributed by atoms with Crippen LogP contribution in [0.3, 0.4) is 0 Å². The van der Waals surface area contributed by atoms with E-state index >= 15 is 0 Å². The first-order valence-corrected chi connectivity index (χ1v) is 10.8. The molecule has 0 aliphatic heterocycles. The highest BCUT2D eigenvalue weighted by molar-refractivity contribution is 7.17. The molecule has 0 saturated heterocycles. The molecule has 0 unspecified atom stereocenters. The number of hydrogen-bond donors (Lipinski definition) is 2. The predicted octanol–water partition coefficient (Wildman–Crippen LogP) is 2.73. The molecule has 0 atom stereocenters. The van der Waals surface area contributed by atoms with Gasteiger partial charge >= 0.3 is 5.97 Å². The van der Waals surface area contributed by atoms with E-state index in [9.17, 15) is 18.8 Å². The van der Waals surface area contributed by atoms with Gasteiger partial charge in [0, 0.05) is 18.0 Å². The second kappa shape index (κ2) is 7.82. The summed E-state index contributed by atoms with van der Waals surface area (Å²) in [6, 6.07) is 2.93. The zero-order valence-corrected chi connectivity index (χ0v) is 17.5. The third kappa shape index (κ3) is 3.71. The van der Waals surface area contributed by atoms with Crippen LogP contribution in [-0.2, 0) is 16.1 Å². The van der Waals surface area contributed by atoms with Crippen molar-refractivity contribution in [3.63, 3.8) is 0 Å². The van der Waals surface area contributed by atoms with Gasteiger partial charge in [-0.2, -0.15) is 9.49 Å². The Morgan fingerprint density at radius 1 is 1.27 bits per heavy atom. The Morgan fingerprint density at radius 3 is 2.60 bits per heavy atom. The standard InChI is InChI=1S/C20H23FN4O4S/c1-10(2)18-23-24(9-17(26)22-12-5-3-11(4-6-12)20(28)29)19(27)14-7-15-13(25(14)18)8-16(21)30-15/h7-8,10-12H,3-6,9H2,1-2H3,(H,22,26)(H,28,29). The number of aliphatic carboxylic acids is 1. The van der Waals surface area contributed by atoms with Gasteiger partial charge in [0.1, 0.15) is 17.9 Å². The molecule has 1 aliphatic carbocycles. The average molecular weight is 434 g/mol. The van der Waals surface area contributed by atoms with Crippen molar-refractivity contribution in [2.75, 3.05) is 0 Å². The first-order valence-electron chi connectivity index (χ1n) is 9.98. The maximum Gasteiger partial charge on any atom is 0.306 e. The van der Waals surface area contributed by atoms with E-state index in [0.717, 1.165) is 16.0 Å². The van der Waals surface area contributed by atoms with Crippen molar-refractivity contribution in [3.8, 4) is 0 Å². The molecular formula is C20H23FN4O4S. The summed E-state index contributed by atoms with van der Waals surface area (Å²) in [5, 5.41) is 16.1. The second-order valence-electron chi connectivity index (χ2n) is 8.09. The van der Waals surface area contributed by atoms with E-state index < -0.39 is 11.5 Å². The monoisotopic (exact) mass is 434 g/mol. The lowest BCUT2D eigenvalue weighted by Crippen LogP contribution is -2.42. The lowest BCUT2D eigenvalue weighted by molar-refractivity contribution is -0.142. The fourth-order valence-corrected chi connectivity index (χ4v) is 4.89. The summed E-state index contributed by atoms with van der Waals surface area (Å²) >= 11 is 0.968. The molecule has 10 heteroatoms. The Balaban J connectivity index is 1.58. The van der Waals surface area contributed by atoms with Crippen molar-refractivity contribution in [2.24, 2.45) is 5.92 Å². The number of carboxylic acid groups (broad SMARTS) is 1. The first-order chi connectivity index (χ1) is 14.2. The molecule has 3 aromatic heterocycles. The second-order valence-corrected chi connectivity index (χ2v) is 9.13. The molecule has 0 aromatic carbocycles. The molecule has 3 aromatic rings. The molecule has 160 valence electrons. The summed E-state index contributed by atoms with van der Waals surface area (Å²) in [4.78, 5) is 36.6. The Labute approximate surface area is 175 Å². The number of halogens is 1. The number of nitrogens with one attached hydrogen (secondary N) is 1. The third-order valence-electron chi connectivity index (χ3n) is 5.62. The molecule has 0 spiro atoms. The van der Waals surface area contributed by atoms with E-state index in [1.54, 1.807) is 10.5 Å². The van der Waals surface area contributed by atoms with Gasteiger partial charge in [0.15, 0.2) is 5.13 Å². The molecule has 1 aliphatic rings. The van der Waals surface area contributed by atoms with Gasteiger partial charge in [0.25, 0.3) is 5.56 Å². The maximum atomic E-state index is 13.7. The summed E-state index contributed by atoms with van der Waals surface area (Å²) in [6.45, 7) is 3.62. The van der Waals surface area contributed by atoms with E-state index in [-0.39, 0.29) is 35.5 Å². The largest absolute Gasteiger partial charge is 0.481 e. The number of thiophene rings is 1. The number of aromatic nitrogens is 3. The normalized spacial score (nSPS) is 19.6. The smallest absolute Gasteiger partial charge is 0.306 e. The molecule has 2 N–H and O–H groups in total. The van der Waals surface area contributed by atoms with E-state index in [1.807, 2.05) is 13.8 Å². The zero-order chi connectivity index (χ0) is 21.6. The topological polar surface area (TPSA) is 106 Å². The summed E-state index contributed by atoms with van der Waals surface area (Å²) in [7, 11) is 0. The van der Waals surface area contributed by atoms with E-state index in [2.05, 4.69) is 10.4 Å². The van der Waals surface area contributed by atoms with E-state index in [4.69, 9.17) is 5.11 Å². The van der Waals surface area contributed by atoms with Crippen molar-refractivity contribution < 1.29 is 19.1 Å². The Hall–Kier alpha value is -2.75. The molecule has 3 heterocycles. The van der Waals surface area contributed by atoms with Crippen molar-refractivity contribution in [2.45, 2.75) is 58.0 Å². The summed E-state index contributed by atoms with van der Waals surface area (Å²) < 4.78 is 17.2. The van der Waals surface area contributed by atoms with Crippen LogP contribution in [0.1, 0.15) is 51.3 Å². The fraction of sp³-hybridized carbons (Fsp3) is 0.500. The highest BCUT2D eigenvalue weighted by Gasteiger charge is 2.27. The number of rotatable bonds is 5. The van der Waals surface area contributed by atoms with E-state index in [0.29, 0.717) is 47.2 Å². The molecule has 0 bridgehead atoms. The van der Waals surface area contributed by atoms with Crippen molar-refractivity contribution in [1.82, 2.24) is 19.5 Å². The Kier molecular flexibility index (Phi) is 5.35. The van der Waals surface area contributed by atoms with Crippen LogP contribution in [0, 0.1) is 11.0 Å². The Morgan fingerprint density at radius 2 is 1.97 bits per heavy atom. The number of hydrogen-bond acceptors (Lipinski definition) is 5. The van der Waals surface area contributed by atoms with Crippen LogP contribution in [0.2, 0.25) is 0 Å². The highest BCUT2D eigenvalue weighted by Crippen LogP contribution is 2.29. The summed E-state index contributed by atoms with van der Waals surface area (Å²) in [5.74, 6) is -0.954. The number of carbonyl (C=O) groups excluding carboxylic acids is 1. The third-order valence-corrected chi connectivity index (χ3v) is 6.48. The van der Waals surface area contributed by atoms with Gasteiger partial charge in [-0.1, -0.05) is 13.8 Å². The van der Waals surface area contributed by atoms with Crippen molar-refractivity contribution >= 4 is 38.9 Å². The predicted molar refractivity (Wildman–Crippen MR) is 110 cm³/mol. The lowest BCUT2D eigenvalue weighted by atomic mass is 9.86. The van der Waals surface area contributed by atoms with Gasteiger partial charge in [0.2, 0.25) is 5.91 Å². The molecule has 0 radical (unpaired) electrons. The minimum Gasteiger partial charge on any atom is -0.481 e. The van der Waals surface area contributed by atoms with Gasteiger partial charge in [0.05, 0.1) is 16.1 Å². The van der Waals surface area contributed by atoms with Gasteiger partial charge in [-0.25, -0.2) is 4.68 Å². The van der Waals surface area contributed by atoms with Crippen LogP contribution in [0.15, 0.2) is 16.9 Å². The number of fused-ring (bicyclic) bond motifs is 3. The number of amides is 1. The van der Waals surface area contributed by atoms with Gasteiger partial charge in [-0.3, -0.25) is 18.8 Å². The average Bonchev–Trinajstić information content (AvgIpc) is 3.20. The molecular weight excluding hydrogens is 411 g/mol. The summed E-state index contributed by atoms with van der Waals surface area (Å²) in [6.07, 6.45) is 2.25. The van der Waals surface area contributed by atoms with Gasteiger partial charge < -0.3 is 10.4 Å². The van der Waals surface area contributed by atoms with Gasteiger partial charge in [-0.15, -0.1) is 11.3 Å². The quantitative estimate of drug-likeness (QED) is 0.642. The van der Waals surface area contributed by atoms with Crippen LogP contribution in [-0.4, -0.2) is 37.2 Å². The fourth-order valence-electron chi connectivity index (χ4n) is 4.09. The minimum atomic E-state index is -0.794. The molecule has 1 amide bonds. The molecule has 8 nitrogen and oxygen atoms in total. The highest BCUT2D eigenvalue weighted by atomic mass is 32.1. The number of carbonyl (C=O) groups is 2. The number of nitrogens with zero attached hydrogens (tertiary/aromatic N) is 3. The van der Waals surface area contributed by atoms with E-state index in [1.165, 1.54) is 6.07 Å². The lowest BCUT2D eigenvalue weighted by Gasteiger charge is -2.26. The van der Waals surface area contributed by atoms with Crippen LogP contribution in [0.4, 0.5) is 4.39 Å². The van der Waals surface area contributed by atoms with Crippen molar-refractivity contribution in [3.05, 3.63) is 33.4 Å². The first kappa shape index (κ1) is 20.5. The van der Waals surface area contributed by atoms with Crippen LogP contribution < -0.4 is 10.9 Å². The van der Waals surface area contributed by atoms with Crippen LogP contribution in [0.5, 0.6) is 0 Å². The Bertz CT molecular complexity index is 1190. The molecule has 30 heavy (non-hydrogen) atoms. The molecule has 1 saturated carbocycles.